The molecule has 1 fully saturated rings. The Labute approximate surface area is 105 Å². The Kier molecular flexibility index (Phi) is 3.25. The summed E-state index contributed by atoms with van der Waals surface area (Å²) in [5.74, 6) is 1.31. The number of aliphatic hydroxyl groups is 1. The van der Waals surface area contributed by atoms with Gasteiger partial charge in [0.25, 0.3) is 0 Å². The van der Waals surface area contributed by atoms with Gasteiger partial charge < -0.3 is 20.1 Å². The Hall–Kier alpha value is -1.63. The molecular weight excluding hydrogens is 236 g/mol. The molecule has 7 nitrogen and oxygen atoms in total. The fourth-order valence-electron chi connectivity index (χ4n) is 2.57. The third-order valence-corrected chi connectivity index (χ3v) is 3.79. The molecule has 1 aliphatic rings. The molecular formula is C11H18N4O3. The minimum absolute atomic E-state index is 0.00253. The normalized spacial score (nSPS) is 23.7. The van der Waals surface area contributed by atoms with Crippen LogP contribution in [0.2, 0.25) is 0 Å². The van der Waals surface area contributed by atoms with Crippen molar-refractivity contribution in [2.75, 3.05) is 18.1 Å². The van der Waals surface area contributed by atoms with Crippen molar-refractivity contribution in [1.82, 2.24) is 9.55 Å². The quantitative estimate of drug-likeness (QED) is 0.638. The molecule has 1 aliphatic heterocycles. The van der Waals surface area contributed by atoms with Gasteiger partial charge in [0, 0.05) is 20.5 Å². The minimum Gasteiger partial charge on any atom is -0.394 e. The topological polar surface area (TPSA) is 84.4 Å². The molecule has 2 atom stereocenters. The smallest absolute Gasteiger partial charge is 0.394 e. The van der Waals surface area contributed by atoms with Crippen molar-refractivity contribution in [3.63, 3.8) is 0 Å². The molecule has 18 heavy (non-hydrogen) atoms. The van der Waals surface area contributed by atoms with Gasteiger partial charge in [-0.25, -0.2) is 0 Å². The molecule has 1 aromatic rings. The molecule has 2 unspecified atom stereocenters. The molecule has 1 aromatic heterocycles. The van der Waals surface area contributed by atoms with Crippen molar-refractivity contribution in [3.8, 4) is 0 Å². The molecule has 0 radical (unpaired) electrons. The number of aromatic nitrogens is 2. The summed E-state index contributed by atoms with van der Waals surface area (Å²) in [7, 11) is 1.77. The molecule has 7 heteroatoms. The van der Waals surface area contributed by atoms with E-state index in [9.17, 15) is 15.2 Å². The summed E-state index contributed by atoms with van der Waals surface area (Å²) in [6, 6.07) is -0.0708. The van der Waals surface area contributed by atoms with Crippen LogP contribution in [0.5, 0.6) is 0 Å². The first-order chi connectivity index (χ1) is 8.47. The van der Waals surface area contributed by atoms with Gasteiger partial charge in [0.2, 0.25) is 11.6 Å². The van der Waals surface area contributed by atoms with Crippen LogP contribution in [0.4, 0.5) is 11.6 Å². The van der Waals surface area contributed by atoms with Gasteiger partial charge in [-0.15, -0.1) is 0 Å². The van der Waals surface area contributed by atoms with E-state index in [-0.39, 0.29) is 18.5 Å². The number of aliphatic hydroxyl groups excluding tert-OH is 1. The average Bonchev–Trinajstić information content (AvgIpc) is 2.81. The van der Waals surface area contributed by atoms with E-state index in [4.69, 9.17) is 0 Å². The fourth-order valence-corrected chi connectivity index (χ4v) is 2.57. The van der Waals surface area contributed by atoms with E-state index >= 15 is 0 Å². The van der Waals surface area contributed by atoms with Crippen LogP contribution in [-0.4, -0.2) is 38.8 Å². The van der Waals surface area contributed by atoms with Crippen LogP contribution in [0.25, 0.3) is 0 Å². The van der Waals surface area contributed by atoms with Gasteiger partial charge in [-0.3, -0.25) is 4.57 Å². The summed E-state index contributed by atoms with van der Waals surface area (Å²) in [5.41, 5.74) is 0. The summed E-state index contributed by atoms with van der Waals surface area (Å²) in [4.78, 5) is 16.5. The molecule has 0 aromatic carbocycles. The summed E-state index contributed by atoms with van der Waals surface area (Å²) in [6.45, 7) is 4.51. The summed E-state index contributed by atoms with van der Waals surface area (Å²) < 4.78 is 1.72. The second-order valence-electron chi connectivity index (χ2n) is 4.83. The molecule has 0 aliphatic carbocycles. The van der Waals surface area contributed by atoms with Crippen LogP contribution >= 0.6 is 0 Å². The van der Waals surface area contributed by atoms with Crippen molar-refractivity contribution in [2.45, 2.75) is 26.3 Å². The van der Waals surface area contributed by atoms with Gasteiger partial charge in [-0.2, -0.15) is 0 Å². The van der Waals surface area contributed by atoms with E-state index in [0.29, 0.717) is 24.1 Å². The lowest BCUT2D eigenvalue weighted by Gasteiger charge is -2.26. The largest absolute Gasteiger partial charge is 0.406 e. The van der Waals surface area contributed by atoms with Gasteiger partial charge in [-0.05, 0) is 22.2 Å². The Balaban J connectivity index is 2.47. The fraction of sp³-hybridized carbons (Fsp3) is 0.727. The monoisotopic (exact) mass is 254 g/mol. The lowest BCUT2D eigenvalue weighted by atomic mass is 10.0. The van der Waals surface area contributed by atoms with Crippen molar-refractivity contribution >= 4 is 11.6 Å². The zero-order valence-corrected chi connectivity index (χ0v) is 10.8. The van der Waals surface area contributed by atoms with Gasteiger partial charge in [0.15, 0.2) is 0 Å². The zero-order chi connectivity index (χ0) is 13.4. The summed E-state index contributed by atoms with van der Waals surface area (Å²) >= 11 is 0. The van der Waals surface area contributed by atoms with Crippen LogP contribution in [0.15, 0.2) is 0 Å². The molecule has 100 valence electrons. The van der Waals surface area contributed by atoms with E-state index < -0.39 is 4.92 Å². The Morgan fingerprint density at radius 2 is 2.28 bits per heavy atom. The number of anilines is 1. The van der Waals surface area contributed by atoms with Crippen LogP contribution in [0.1, 0.15) is 19.2 Å². The van der Waals surface area contributed by atoms with Gasteiger partial charge in [-0.1, -0.05) is 6.92 Å². The highest BCUT2D eigenvalue weighted by Gasteiger charge is 2.37. The van der Waals surface area contributed by atoms with Gasteiger partial charge in [0.1, 0.15) is 0 Å². The lowest BCUT2D eigenvalue weighted by Crippen LogP contribution is -2.36. The van der Waals surface area contributed by atoms with Gasteiger partial charge in [0.05, 0.1) is 12.6 Å². The number of nitro groups is 1. The molecule has 1 saturated heterocycles. The Bertz CT molecular complexity index is 471. The van der Waals surface area contributed by atoms with E-state index in [1.165, 1.54) is 0 Å². The number of nitrogens with zero attached hydrogens (tertiary/aromatic N) is 4. The number of imidazole rings is 1. The molecule has 0 spiro atoms. The number of hydrogen-bond acceptors (Lipinski definition) is 5. The molecule has 0 saturated carbocycles. The third kappa shape index (κ3) is 1.84. The average molecular weight is 254 g/mol. The Morgan fingerprint density at radius 1 is 1.61 bits per heavy atom. The molecule has 0 amide bonds. The standard InChI is InChI=1S/C11H18N4O3/c1-7-4-5-14(9(7)6-16)11-10(15(17)18)12-8(2)13(11)3/h7,9,16H,4-6H2,1-3H3. The van der Waals surface area contributed by atoms with Crippen LogP contribution in [0.3, 0.4) is 0 Å². The third-order valence-electron chi connectivity index (χ3n) is 3.79. The highest BCUT2D eigenvalue weighted by atomic mass is 16.6. The number of rotatable bonds is 3. The van der Waals surface area contributed by atoms with Crippen LogP contribution in [-0.2, 0) is 7.05 Å². The maximum Gasteiger partial charge on any atom is 0.406 e. The molecule has 2 rings (SSSR count). The Morgan fingerprint density at radius 3 is 2.83 bits per heavy atom. The predicted octanol–water partition coefficient (Wildman–Crippen LogP) is 0.844. The van der Waals surface area contributed by atoms with Crippen LogP contribution < -0.4 is 4.90 Å². The summed E-state index contributed by atoms with van der Waals surface area (Å²) in [6.07, 6.45) is 0.923. The molecule has 0 bridgehead atoms. The zero-order valence-electron chi connectivity index (χ0n) is 10.8. The predicted molar refractivity (Wildman–Crippen MR) is 66.6 cm³/mol. The second kappa shape index (κ2) is 4.56. The van der Waals surface area contributed by atoms with Gasteiger partial charge >= 0.3 is 5.82 Å². The summed E-state index contributed by atoms with van der Waals surface area (Å²) in [5, 5.41) is 20.5. The number of aryl methyl sites for hydroxylation is 1. The highest BCUT2D eigenvalue weighted by molar-refractivity contribution is 5.57. The van der Waals surface area contributed by atoms with Crippen molar-refractivity contribution in [3.05, 3.63) is 15.9 Å². The first-order valence-corrected chi connectivity index (χ1v) is 6.02. The lowest BCUT2D eigenvalue weighted by molar-refractivity contribution is -0.388. The van der Waals surface area contributed by atoms with Crippen molar-refractivity contribution in [2.24, 2.45) is 13.0 Å². The first kappa shape index (κ1) is 12.8. The van der Waals surface area contributed by atoms with Crippen molar-refractivity contribution in [1.29, 1.82) is 0 Å². The van der Waals surface area contributed by atoms with Crippen molar-refractivity contribution < 1.29 is 10.0 Å². The maximum absolute atomic E-state index is 11.1. The van der Waals surface area contributed by atoms with E-state index in [1.807, 2.05) is 4.90 Å². The van der Waals surface area contributed by atoms with E-state index in [2.05, 4.69) is 11.9 Å². The maximum atomic E-state index is 11.1. The molecule has 1 N–H and O–H groups in total. The second-order valence-corrected chi connectivity index (χ2v) is 4.83. The highest BCUT2D eigenvalue weighted by Crippen LogP contribution is 2.35. The minimum atomic E-state index is -0.459. The molecule has 2 heterocycles. The van der Waals surface area contributed by atoms with E-state index in [0.717, 1.165) is 6.42 Å². The van der Waals surface area contributed by atoms with E-state index in [1.54, 1.807) is 18.5 Å². The first-order valence-electron chi connectivity index (χ1n) is 6.02. The number of hydrogen-bond donors (Lipinski definition) is 1. The SMILES string of the molecule is Cc1nc([N+](=O)[O-])c(N2CCC(C)C2CO)n1C. The van der Waals surface area contributed by atoms with Crippen LogP contribution in [0, 0.1) is 23.0 Å².